The van der Waals surface area contributed by atoms with E-state index in [2.05, 4.69) is 4.98 Å². The van der Waals surface area contributed by atoms with Crippen molar-refractivity contribution in [3.63, 3.8) is 0 Å². The van der Waals surface area contributed by atoms with Crippen molar-refractivity contribution in [1.29, 1.82) is 0 Å². The summed E-state index contributed by atoms with van der Waals surface area (Å²) in [5.41, 5.74) is 5.29. The van der Waals surface area contributed by atoms with Crippen LogP contribution in [0.25, 0.3) is 0 Å². The molecule has 3 N–H and O–H groups in total. The van der Waals surface area contributed by atoms with Gasteiger partial charge < -0.3 is 10.8 Å². The number of carbonyl (C=O) groups is 1. The third-order valence-corrected chi connectivity index (χ3v) is 2.40. The number of hydrogen-bond acceptors (Lipinski definition) is 4. The number of aliphatic carboxylic acids is 1. The molecule has 66 valence electrons. The lowest BCUT2D eigenvalue weighted by molar-refractivity contribution is -0.138. The maximum Gasteiger partial charge on any atom is 0.320 e. The van der Waals surface area contributed by atoms with E-state index in [1.165, 1.54) is 17.5 Å². The van der Waals surface area contributed by atoms with Crippen molar-refractivity contribution in [2.45, 2.75) is 12.5 Å². The van der Waals surface area contributed by atoms with Crippen LogP contribution in [0, 0.1) is 0 Å². The first-order chi connectivity index (χ1) is 5.59. The molecule has 0 saturated carbocycles. The van der Waals surface area contributed by atoms with Gasteiger partial charge in [0.05, 0.1) is 0 Å². The summed E-state index contributed by atoms with van der Waals surface area (Å²) in [7, 11) is 0. The summed E-state index contributed by atoms with van der Waals surface area (Å²) in [6.07, 6.45) is 1.82. The fourth-order valence-electron chi connectivity index (χ4n) is 0.682. The largest absolute Gasteiger partial charge is 0.480 e. The van der Waals surface area contributed by atoms with Crippen molar-refractivity contribution in [1.82, 2.24) is 4.98 Å². The van der Waals surface area contributed by atoms with Crippen molar-refractivity contribution < 1.29 is 9.90 Å². The van der Waals surface area contributed by atoms with Gasteiger partial charge in [-0.15, -0.1) is 11.3 Å². The van der Waals surface area contributed by atoms with E-state index >= 15 is 0 Å². The van der Waals surface area contributed by atoms with Crippen LogP contribution < -0.4 is 5.73 Å². The Morgan fingerprint density at radius 2 is 2.58 bits per heavy atom. The highest BCUT2D eigenvalue weighted by molar-refractivity contribution is 7.15. The highest BCUT2D eigenvalue weighted by Crippen LogP contribution is 2.18. The molecule has 0 amide bonds. The molecule has 1 heterocycles. The van der Waals surface area contributed by atoms with Gasteiger partial charge in [0.25, 0.3) is 0 Å². The van der Waals surface area contributed by atoms with E-state index in [0.717, 1.165) is 4.88 Å². The third-order valence-electron chi connectivity index (χ3n) is 1.26. The highest BCUT2D eigenvalue weighted by Gasteiger charge is 2.13. The van der Waals surface area contributed by atoms with Gasteiger partial charge in [0, 0.05) is 17.5 Å². The molecule has 4 nitrogen and oxygen atoms in total. The second kappa shape index (κ2) is 3.84. The first-order valence-electron chi connectivity index (χ1n) is 3.18. The molecule has 0 bridgehead atoms. The van der Waals surface area contributed by atoms with E-state index in [1.54, 1.807) is 0 Å². The topological polar surface area (TPSA) is 76.2 Å². The quantitative estimate of drug-likeness (QED) is 0.765. The summed E-state index contributed by atoms with van der Waals surface area (Å²) in [6, 6.07) is -0.874. The second-order valence-corrected chi connectivity index (χ2v) is 3.93. The van der Waals surface area contributed by atoms with E-state index in [4.69, 9.17) is 22.4 Å². The lowest BCUT2D eigenvalue weighted by Crippen LogP contribution is -2.31. The summed E-state index contributed by atoms with van der Waals surface area (Å²) in [5.74, 6) is -1.01. The van der Waals surface area contributed by atoms with Gasteiger partial charge in [-0.2, -0.15) is 0 Å². The molecule has 1 unspecified atom stereocenters. The van der Waals surface area contributed by atoms with Gasteiger partial charge in [0.2, 0.25) is 0 Å². The van der Waals surface area contributed by atoms with Crippen molar-refractivity contribution in [2.75, 3.05) is 0 Å². The predicted octanol–water partition coefficient (Wildman–Crippen LogP) is 0.751. The van der Waals surface area contributed by atoms with Crippen LogP contribution in [0.1, 0.15) is 4.88 Å². The Balaban J connectivity index is 2.58. The standard InChI is InChI=1S/C6H7ClN2O2S/c7-6-9-2-3(12-6)1-4(8)5(10)11/h2,4H,1,8H2,(H,10,11). The number of thiazole rings is 1. The Kier molecular flexibility index (Phi) is 3.02. The van der Waals surface area contributed by atoms with Gasteiger partial charge in [-0.05, 0) is 0 Å². The van der Waals surface area contributed by atoms with E-state index in [0.29, 0.717) is 4.47 Å². The molecule has 0 aromatic carbocycles. The molecule has 6 heteroatoms. The van der Waals surface area contributed by atoms with Crippen LogP contribution in [-0.4, -0.2) is 22.1 Å². The first-order valence-corrected chi connectivity index (χ1v) is 4.37. The summed E-state index contributed by atoms with van der Waals surface area (Å²) >= 11 is 6.79. The lowest BCUT2D eigenvalue weighted by atomic mass is 10.2. The van der Waals surface area contributed by atoms with E-state index in [9.17, 15) is 4.79 Å². The maximum absolute atomic E-state index is 10.3. The van der Waals surface area contributed by atoms with Crippen LogP contribution in [0.5, 0.6) is 0 Å². The van der Waals surface area contributed by atoms with Gasteiger partial charge in [-0.1, -0.05) is 11.6 Å². The minimum Gasteiger partial charge on any atom is -0.480 e. The zero-order chi connectivity index (χ0) is 9.14. The molecular weight excluding hydrogens is 200 g/mol. The number of carboxylic acid groups (broad SMARTS) is 1. The molecule has 1 rings (SSSR count). The highest BCUT2D eigenvalue weighted by atomic mass is 35.5. The molecular formula is C6H7ClN2O2S. The fourth-order valence-corrected chi connectivity index (χ4v) is 1.72. The van der Waals surface area contributed by atoms with E-state index in [-0.39, 0.29) is 6.42 Å². The van der Waals surface area contributed by atoms with Crippen LogP contribution >= 0.6 is 22.9 Å². The van der Waals surface area contributed by atoms with Crippen LogP contribution in [0.3, 0.4) is 0 Å². The summed E-state index contributed by atoms with van der Waals surface area (Å²) in [6.45, 7) is 0. The normalized spacial score (nSPS) is 12.8. The van der Waals surface area contributed by atoms with Crippen molar-refractivity contribution in [2.24, 2.45) is 5.73 Å². The Morgan fingerprint density at radius 3 is 3.00 bits per heavy atom. The smallest absolute Gasteiger partial charge is 0.320 e. The Labute approximate surface area is 78.0 Å². The number of aromatic nitrogens is 1. The van der Waals surface area contributed by atoms with Crippen LogP contribution in [-0.2, 0) is 11.2 Å². The number of nitrogens with two attached hydrogens (primary N) is 1. The Bertz CT molecular complexity index is 289. The molecule has 0 radical (unpaired) electrons. The molecule has 0 aliphatic heterocycles. The van der Waals surface area contributed by atoms with Gasteiger partial charge in [0.1, 0.15) is 6.04 Å². The van der Waals surface area contributed by atoms with Gasteiger partial charge in [0.15, 0.2) is 4.47 Å². The zero-order valence-corrected chi connectivity index (χ0v) is 7.60. The predicted molar refractivity (Wildman–Crippen MR) is 46.4 cm³/mol. The summed E-state index contributed by atoms with van der Waals surface area (Å²) in [4.78, 5) is 14.9. The molecule has 0 fully saturated rings. The minimum atomic E-state index is -1.01. The Hall–Kier alpha value is -0.650. The number of halogens is 1. The van der Waals surface area contributed by atoms with Gasteiger partial charge in [-0.3, -0.25) is 4.79 Å². The maximum atomic E-state index is 10.3. The van der Waals surface area contributed by atoms with E-state index < -0.39 is 12.0 Å². The number of carboxylic acids is 1. The second-order valence-electron chi connectivity index (χ2n) is 2.23. The SMILES string of the molecule is NC(Cc1cnc(Cl)s1)C(=O)O. The molecule has 12 heavy (non-hydrogen) atoms. The molecule has 0 saturated heterocycles. The molecule has 0 aliphatic rings. The lowest BCUT2D eigenvalue weighted by Gasteiger charge is -2.01. The van der Waals surface area contributed by atoms with Crippen LogP contribution in [0.4, 0.5) is 0 Å². The molecule has 1 atom stereocenters. The molecule has 1 aromatic heterocycles. The number of rotatable bonds is 3. The average molecular weight is 207 g/mol. The monoisotopic (exact) mass is 206 g/mol. The van der Waals surface area contributed by atoms with Crippen molar-refractivity contribution in [3.05, 3.63) is 15.5 Å². The minimum absolute atomic E-state index is 0.278. The van der Waals surface area contributed by atoms with Crippen LogP contribution in [0.2, 0.25) is 4.47 Å². The Morgan fingerprint density at radius 1 is 1.92 bits per heavy atom. The molecule has 0 spiro atoms. The third kappa shape index (κ3) is 2.44. The van der Waals surface area contributed by atoms with Gasteiger partial charge >= 0.3 is 5.97 Å². The summed E-state index contributed by atoms with van der Waals surface area (Å²) < 4.78 is 0.405. The van der Waals surface area contributed by atoms with Crippen LogP contribution in [0.15, 0.2) is 6.20 Å². The number of nitrogens with zero attached hydrogens (tertiary/aromatic N) is 1. The van der Waals surface area contributed by atoms with Gasteiger partial charge in [-0.25, -0.2) is 4.98 Å². The average Bonchev–Trinajstić information content (AvgIpc) is 2.35. The molecule has 0 aliphatic carbocycles. The summed E-state index contributed by atoms with van der Waals surface area (Å²) in [5, 5.41) is 8.48. The van der Waals surface area contributed by atoms with Crippen molar-refractivity contribution >= 4 is 28.9 Å². The zero-order valence-electron chi connectivity index (χ0n) is 6.03. The molecule has 1 aromatic rings. The fraction of sp³-hybridized carbons (Fsp3) is 0.333. The van der Waals surface area contributed by atoms with E-state index in [1.807, 2.05) is 0 Å². The number of hydrogen-bond donors (Lipinski definition) is 2. The van der Waals surface area contributed by atoms with Crippen molar-refractivity contribution in [3.8, 4) is 0 Å². The first kappa shape index (κ1) is 9.44.